The SMILES string of the molecule is CC/C=C\C/C=C\C/C=C\C/C=C\C/C=C\C/C=C\CCC(=O)NC(COP(=O)(O)OCC[N+](C)(C)C)C(/C=C/CCCCCCCCCCCC)OC(=O)CCCCCCCCCCCCCCCCCCCCC. The fraction of sp³-hybridized carbons (Fsp3) is 0.758. The molecule has 3 atom stereocenters. The number of carbonyl (C=O) groups excluding carboxylic acids is 2. The van der Waals surface area contributed by atoms with Crippen molar-refractivity contribution in [3.63, 3.8) is 0 Å². The van der Waals surface area contributed by atoms with E-state index in [2.05, 4.69) is 92.9 Å². The molecule has 0 aromatic carbocycles. The molecule has 2 N–H and O–H groups in total. The summed E-state index contributed by atoms with van der Waals surface area (Å²) in [6.45, 7) is 6.85. The number of amides is 1. The van der Waals surface area contributed by atoms with Crippen LogP contribution in [0.3, 0.4) is 0 Å². The highest BCUT2D eigenvalue weighted by Gasteiger charge is 2.30. The third kappa shape index (κ3) is 55.9. The Labute approximate surface area is 469 Å². The molecule has 0 fully saturated rings. The summed E-state index contributed by atoms with van der Waals surface area (Å²) in [6, 6.07) is -0.890. The van der Waals surface area contributed by atoms with Gasteiger partial charge >= 0.3 is 13.8 Å². The lowest BCUT2D eigenvalue weighted by atomic mass is 10.0. The van der Waals surface area contributed by atoms with Crippen LogP contribution in [0.1, 0.15) is 271 Å². The van der Waals surface area contributed by atoms with Gasteiger partial charge < -0.3 is 19.4 Å². The summed E-state index contributed by atoms with van der Waals surface area (Å²) in [4.78, 5) is 37.7. The molecule has 0 bridgehead atoms. The Balaban J connectivity index is 5.34. The largest absolute Gasteiger partial charge is 0.472 e. The topological polar surface area (TPSA) is 111 Å². The average Bonchev–Trinajstić information content (AvgIpc) is 3.38. The molecular weight excluding hydrogens is 964 g/mol. The summed E-state index contributed by atoms with van der Waals surface area (Å²) >= 11 is 0. The van der Waals surface area contributed by atoms with Crippen LogP contribution in [0.5, 0.6) is 0 Å². The van der Waals surface area contributed by atoms with Crippen molar-refractivity contribution in [1.82, 2.24) is 5.32 Å². The lowest BCUT2D eigenvalue weighted by Gasteiger charge is -2.27. The number of hydrogen-bond donors (Lipinski definition) is 2. The molecule has 76 heavy (non-hydrogen) atoms. The van der Waals surface area contributed by atoms with E-state index in [9.17, 15) is 19.0 Å². The highest BCUT2D eigenvalue weighted by Crippen LogP contribution is 2.43. The summed E-state index contributed by atoms with van der Waals surface area (Å²) in [5.74, 6) is -0.598. The zero-order valence-corrected chi connectivity index (χ0v) is 51.1. The van der Waals surface area contributed by atoms with Crippen LogP contribution in [0, 0.1) is 0 Å². The summed E-state index contributed by atoms with van der Waals surface area (Å²) in [7, 11) is 1.45. The fourth-order valence-electron chi connectivity index (χ4n) is 8.79. The van der Waals surface area contributed by atoms with E-state index in [4.69, 9.17) is 13.8 Å². The first-order valence-corrected chi connectivity index (χ1v) is 32.9. The van der Waals surface area contributed by atoms with Gasteiger partial charge in [-0.1, -0.05) is 273 Å². The monoisotopic (exact) mass is 1080 g/mol. The lowest BCUT2D eigenvalue weighted by Crippen LogP contribution is -2.47. The van der Waals surface area contributed by atoms with Crippen molar-refractivity contribution in [3.8, 4) is 0 Å². The number of phosphoric acid groups is 1. The number of phosphoric ester groups is 1. The number of hydrogen-bond acceptors (Lipinski definition) is 6. The van der Waals surface area contributed by atoms with Crippen LogP contribution in [-0.2, 0) is 27.9 Å². The molecule has 0 aliphatic carbocycles. The van der Waals surface area contributed by atoms with Crippen molar-refractivity contribution in [3.05, 3.63) is 85.1 Å². The Kier molecular flexibility index (Phi) is 53.5. The summed E-state index contributed by atoms with van der Waals surface area (Å²) in [6.07, 6.45) is 73.2. The van der Waals surface area contributed by atoms with Gasteiger partial charge in [0.2, 0.25) is 5.91 Å². The van der Waals surface area contributed by atoms with Crippen molar-refractivity contribution in [1.29, 1.82) is 0 Å². The zero-order chi connectivity index (χ0) is 55.7. The second kappa shape index (κ2) is 55.5. The normalized spacial score (nSPS) is 14.2. The molecule has 10 heteroatoms. The smallest absolute Gasteiger partial charge is 0.456 e. The lowest BCUT2D eigenvalue weighted by molar-refractivity contribution is -0.870. The number of esters is 1. The molecule has 0 radical (unpaired) electrons. The molecule has 0 aromatic rings. The molecule has 3 unspecified atom stereocenters. The van der Waals surface area contributed by atoms with Crippen molar-refractivity contribution >= 4 is 19.7 Å². The molecule has 0 aromatic heterocycles. The second-order valence-corrected chi connectivity index (χ2v) is 23.7. The first-order chi connectivity index (χ1) is 36.9. The molecule has 1 amide bonds. The van der Waals surface area contributed by atoms with E-state index in [1.54, 1.807) is 0 Å². The maximum atomic E-state index is 13.5. The Morgan fingerprint density at radius 2 is 0.855 bits per heavy atom. The quantitative estimate of drug-likeness (QED) is 0.0205. The number of nitrogens with one attached hydrogen (secondary N) is 1. The molecule has 0 heterocycles. The second-order valence-electron chi connectivity index (χ2n) is 22.2. The maximum absolute atomic E-state index is 13.5. The molecule has 0 saturated carbocycles. The molecule has 440 valence electrons. The Morgan fingerprint density at radius 1 is 0.474 bits per heavy atom. The molecule has 9 nitrogen and oxygen atoms in total. The van der Waals surface area contributed by atoms with E-state index in [1.165, 1.54) is 154 Å². The average molecular weight is 1080 g/mol. The van der Waals surface area contributed by atoms with Crippen LogP contribution in [0.2, 0.25) is 0 Å². The number of quaternary nitrogens is 1. The van der Waals surface area contributed by atoms with Crippen LogP contribution < -0.4 is 5.32 Å². The van der Waals surface area contributed by atoms with Crippen LogP contribution in [0.4, 0.5) is 0 Å². The van der Waals surface area contributed by atoms with E-state index in [-0.39, 0.29) is 37.9 Å². The van der Waals surface area contributed by atoms with E-state index in [0.717, 1.165) is 77.0 Å². The van der Waals surface area contributed by atoms with Crippen molar-refractivity contribution < 1.29 is 37.3 Å². The van der Waals surface area contributed by atoms with Gasteiger partial charge in [0.1, 0.15) is 19.3 Å². The highest BCUT2D eigenvalue weighted by molar-refractivity contribution is 7.47. The fourth-order valence-corrected chi connectivity index (χ4v) is 9.52. The summed E-state index contributed by atoms with van der Waals surface area (Å²) in [5, 5.41) is 3.01. The number of rotatable bonds is 56. The van der Waals surface area contributed by atoms with Crippen LogP contribution in [-0.4, -0.2) is 74.3 Å². The van der Waals surface area contributed by atoms with Gasteiger partial charge in [-0.15, -0.1) is 0 Å². The first kappa shape index (κ1) is 73.2. The molecule has 0 rings (SSSR count). The number of allylic oxidation sites excluding steroid dienone is 13. The van der Waals surface area contributed by atoms with Crippen LogP contribution in [0.25, 0.3) is 0 Å². The van der Waals surface area contributed by atoms with Gasteiger partial charge in [0.15, 0.2) is 0 Å². The number of carbonyl (C=O) groups is 2. The van der Waals surface area contributed by atoms with Crippen LogP contribution >= 0.6 is 7.82 Å². The van der Waals surface area contributed by atoms with Crippen molar-refractivity contribution in [2.24, 2.45) is 0 Å². The Bertz CT molecular complexity index is 1580. The summed E-state index contributed by atoms with van der Waals surface area (Å²) in [5.41, 5.74) is 0. The van der Waals surface area contributed by atoms with Gasteiger partial charge in [0.25, 0.3) is 0 Å². The van der Waals surface area contributed by atoms with Crippen LogP contribution in [0.15, 0.2) is 85.1 Å². The standard InChI is InChI=1S/C66H119N2O7P/c1-7-10-13-16-19-22-25-28-30-32-34-36-38-40-43-46-49-52-55-58-65(69)67-63(62-74-76(71,72)73-61-60-68(4,5)6)64(57-54-51-48-45-42-27-24-21-18-15-12-9-3)75-66(70)59-56-53-50-47-44-41-39-37-35-33-31-29-26-23-20-17-14-11-8-2/h10,13,19,22,28,30,34,36,40,43,49,52,54,57,63-64H,7-9,11-12,14-18,20-21,23-27,29,31-33,35,37-39,41-42,44-48,50-51,53,55-56,58-62H2,1-6H3,(H-,67,69,71,72)/p+1/b13-10-,22-19-,30-28-,36-34-,43-40-,52-49-,57-54+. The predicted molar refractivity (Wildman–Crippen MR) is 328 cm³/mol. The summed E-state index contributed by atoms with van der Waals surface area (Å²) < 4.78 is 30.6. The minimum Gasteiger partial charge on any atom is -0.456 e. The molecular formula is C66H120N2O7P+. The van der Waals surface area contributed by atoms with Crippen molar-refractivity contribution in [2.75, 3.05) is 40.9 Å². The Hall–Kier alpha value is -2.81. The zero-order valence-electron chi connectivity index (χ0n) is 50.2. The third-order valence-electron chi connectivity index (χ3n) is 13.6. The molecule has 0 aliphatic heterocycles. The predicted octanol–water partition coefficient (Wildman–Crippen LogP) is 19.4. The highest BCUT2D eigenvalue weighted by atomic mass is 31.2. The number of unbranched alkanes of at least 4 members (excludes halogenated alkanes) is 28. The minimum absolute atomic E-state index is 0.0247. The van der Waals surface area contributed by atoms with Gasteiger partial charge in [-0.05, 0) is 70.3 Å². The molecule has 0 spiro atoms. The third-order valence-corrected chi connectivity index (χ3v) is 14.6. The van der Waals surface area contributed by atoms with Gasteiger partial charge in [0, 0.05) is 12.8 Å². The van der Waals surface area contributed by atoms with Gasteiger partial charge in [-0.25, -0.2) is 4.57 Å². The van der Waals surface area contributed by atoms with Gasteiger partial charge in [0.05, 0.1) is 33.8 Å². The minimum atomic E-state index is -4.47. The van der Waals surface area contributed by atoms with E-state index >= 15 is 0 Å². The first-order valence-electron chi connectivity index (χ1n) is 31.4. The Morgan fingerprint density at radius 3 is 1.26 bits per heavy atom. The number of likely N-dealkylation sites (N-methyl/N-ethyl adjacent to an activating group) is 1. The number of nitrogens with zero attached hydrogens (tertiary/aromatic N) is 1. The maximum Gasteiger partial charge on any atom is 0.472 e. The van der Waals surface area contributed by atoms with Crippen molar-refractivity contribution in [2.45, 2.75) is 283 Å². The van der Waals surface area contributed by atoms with E-state index in [1.807, 2.05) is 39.4 Å². The van der Waals surface area contributed by atoms with Gasteiger partial charge in [-0.2, -0.15) is 0 Å². The van der Waals surface area contributed by atoms with E-state index in [0.29, 0.717) is 17.4 Å². The number of ether oxygens (including phenoxy) is 1. The van der Waals surface area contributed by atoms with Gasteiger partial charge in [-0.3, -0.25) is 18.6 Å². The molecule has 0 aliphatic rings. The molecule has 0 saturated heterocycles. The van der Waals surface area contributed by atoms with E-state index < -0.39 is 20.0 Å².